The highest BCUT2D eigenvalue weighted by Gasteiger charge is 2.50. The second kappa shape index (κ2) is 9.28. The van der Waals surface area contributed by atoms with E-state index in [1.165, 1.54) is 38.5 Å². The van der Waals surface area contributed by atoms with Gasteiger partial charge >= 0.3 is 0 Å². The summed E-state index contributed by atoms with van der Waals surface area (Å²) in [5.41, 5.74) is 3.86. The van der Waals surface area contributed by atoms with Gasteiger partial charge in [-0.15, -0.1) is 0 Å². The summed E-state index contributed by atoms with van der Waals surface area (Å²) in [6.45, 7) is 7.35. The molecule has 0 aromatic heterocycles. The van der Waals surface area contributed by atoms with Crippen molar-refractivity contribution in [3.8, 4) is 0 Å². The molecule has 3 heteroatoms. The Hall–Kier alpha value is -0.900. The van der Waals surface area contributed by atoms with Crippen molar-refractivity contribution in [1.82, 2.24) is 0 Å². The summed E-state index contributed by atoms with van der Waals surface area (Å²) < 4.78 is 0. The highest BCUT2D eigenvalue weighted by molar-refractivity contribution is 5.30. The smallest absolute Gasteiger partial charge is 0.0812 e. The molecule has 3 saturated carbocycles. The minimum atomic E-state index is -0.627. The molecular weight excluding hydrogens is 348 g/mol. The van der Waals surface area contributed by atoms with Gasteiger partial charge in [0.25, 0.3) is 0 Å². The average molecular weight is 389 g/mol. The van der Waals surface area contributed by atoms with Gasteiger partial charge in [-0.1, -0.05) is 56.6 Å². The first-order valence-electron chi connectivity index (χ1n) is 11.5. The van der Waals surface area contributed by atoms with Crippen molar-refractivity contribution in [2.24, 2.45) is 23.2 Å². The fourth-order valence-corrected chi connectivity index (χ4v) is 6.40. The van der Waals surface area contributed by atoms with Gasteiger partial charge in [0, 0.05) is 6.61 Å². The molecule has 3 nitrogen and oxygen atoms in total. The lowest BCUT2D eigenvalue weighted by Gasteiger charge is -2.44. The first-order chi connectivity index (χ1) is 13.4. The SMILES string of the molecule is CC[C@H](C)C1CCC2/C(=C/C=C3C[C@@H](O)C(=CCCO)[C@H](O)C3)CCC[C@@]21C. The Morgan fingerprint density at radius 1 is 1.14 bits per heavy atom. The van der Waals surface area contributed by atoms with Crippen LogP contribution in [0.2, 0.25) is 0 Å². The molecule has 0 aromatic carbocycles. The lowest BCUT2D eigenvalue weighted by Crippen LogP contribution is -2.35. The monoisotopic (exact) mass is 388 g/mol. The van der Waals surface area contributed by atoms with Crippen molar-refractivity contribution in [3.05, 3.63) is 34.9 Å². The van der Waals surface area contributed by atoms with E-state index >= 15 is 0 Å². The van der Waals surface area contributed by atoms with Crippen LogP contribution in [0.4, 0.5) is 0 Å². The van der Waals surface area contributed by atoms with Crippen molar-refractivity contribution < 1.29 is 15.3 Å². The summed E-state index contributed by atoms with van der Waals surface area (Å²) in [7, 11) is 0. The van der Waals surface area contributed by atoms with E-state index in [0.29, 0.717) is 36.2 Å². The molecule has 0 radical (unpaired) electrons. The van der Waals surface area contributed by atoms with E-state index in [4.69, 9.17) is 5.11 Å². The molecule has 2 unspecified atom stereocenters. The third kappa shape index (κ3) is 4.32. The van der Waals surface area contributed by atoms with Crippen molar-refractivity contribution in [1.29, 1.82) is 0 Å². The maximum atomic E-state index is 10.4. The molecule has 0 bridgehead atoms. The number of aliphatic hydroxyl groups is 3. The summed E-state index contributed by atoms with van der Waals surface area (Å²) in [5.74, 6) is 2.35. The highest BCUT2D eigenvalue weighted by Crippen LogP contribution is 2.59. The number of rotatable bonds is 5. The molecule has 0 heterocycles. The van der Waals surface area contributed by atoms with Crippen LogP contribution in [0.1, 0.15) is 78.6 Å². The molecule has 28 heavy (non-hydrogen) atoms. The molecule has 0 saturated heterocycles. The van der Waals surface area contributed by atoms with Gasteiger partial charge in [-0.25, -0.2) is 0 Å². The van der Waals surface area contributed by atoms with E-state index in [9.17, 15) is 10.2 Å². The summed E-state index contributed by atoms with van der Waals surface area (Å²) in [5, 5.41) is 29.8. The largest absolute Gasteiger partial charge is 0.396 e. The van der Waals surface area contributed by atoms with Crippen LogP contribution in [-0.4, -0.2) is 34.1 Å². The molecule has 0 aliphatic heterocycles. The molecule has 0 amide bonds. The zero-order chi connectivity index (χ0) is 20.3. The minimum absolute atomic E-state index is 0.0511. The molecule has 3 aliphatic rings. The van der Waals surface area contributed by atoms with Crippen molar-refractivity contribution >= 4 is 0 Å². The van der Waals surface area contributed by atoms with Crippen molar-refractivity contribution in [3.63, 3.8) is 0 Å². The van der Waals surface area contributed by atoms with Gasteiger partial charge in [0.1, 0.15) is 0 Å². The lowest BCUT2D eigenvalue weighted by molar-refractivity contribution is 0.0961. The van der Waals surface area contributed by atoms with Crippen LogP contribution in [0.3, 0.4) is 0 Å². The number of hydrogen-bond donors (Lipinski definition) is 3. The second-order valence-corrected chi connectivity index (χ2v) is 9.70. The Bertz CT molecular complexity index is 616. The third-order valence-corrected chi connectivity index (χ3v) is 8.09. The molecular formula is C25H40O3. The predicted octanol–water partition coefficient (Wildman–Crippen LogP) is 4.93. The maximum absolute atomic E-state index is 10.4. The zero-order valence-electron chi connectivity index (χ0n) is 18.0. The maximum Gasteiger partial charge on any atom is 0.0812 e. The van der Waals surface area contributed by atoms with Gasteiger partial charge < -0.3 is 15.3 Å². The summed E-state index contributed by atoms with van der Waals surface area (Å²) in [4.78, 5) is 0. The van der Waals surface area contributed by atoms with Gasteiger partial charge in [-0.3, -0.25) is 0 Å². The van der Waals surface area contributed by atoms with Gasteiger partial charge in [0.05, 0.1) is 12.2 Å². The van der Waals surface area contributed by atoms with Crippen LogP contribution in [0.5, 0.6) is 0 Å². The van der Waals surface area contributed by atoms with Crippen LogP contribution in [0, 0.1) is 23.2 Å². The van der Waals surface area contributed by atoms with Crippen LogP contribution < -0.4 is 0 Å². The van der Waals surface area contributed by atoms with Crippen molar-refractivity contribution in [2.75, 3.05) is 6.61 Å². The normalized spacial score (nSPS) is 38.4. The molecule has 3 N–H and O–H groups in total. The van der Waals surface area contributed by atoms with E-state index in [2.05, 4.69) is 32.9 Å². The third-order valence-electron chi connectivity index (χ3n) is 8.09. The Kier molecular flexibility index (Phi) is 7.22. The zero-order valence-corrected chi connectivity index (χ0v) is 18.0. The van der Waals surface area contributed by atoms with E-state index in [0.717, 1.165) is 17.4 Å². The van der Waals surface area contributed by atoms with Gasteiger partial charge in [-0.05, 0) is 80.1 Å². The van der Waals surface area contributed by atoms with Gasteiger partial charge in [0.2, 0.25) is 0 Å². The number of allylic oxidation sites excluding steroid dienone is 3. The molecule has 3 aliphatic carbocycles. The molecule has 158 valence electrons. The van der Waals surface area contributed by atoms with E-state index in [1.807, 2.05) is 0 Å². The van der Waals surface area contributed by atoms with E-state index in [1.54, 1.807) is 11.6 Å². The highest BCUT2D eigenvalue weighted by atomic mass is 16.3. The fraction of sp³-hybridized carbons (Fsp3) is 0.760. The first-order valence-corrected chi connectivity index (χ1v) is 11.5. The summed E-state index contributed by atoms with van der Waals surface area (Å²) >= 11 is 0. The Morgan fingerprint density at radius 3 is 2.50 bits per heavy atom. The van der Waals surface area contributed by atoms with Crippen LogP contribution in [0.25, 0.3) is 0 Å². The molecule has 0 spiro atoms. The quantitative estimate of drug-likeness (QED) is 0.586. The topological polar surface area (TPSA) is 60.7 Å². The molecule has 3 fully saturated rings. The van der Waals surface area contributed by atoms with Crippen molar-refractivity contribution in [2.45, 2.75) is 90.8 Å². The standard InChI is InChI=1S/C25H40O3/c1-4-17(2)21-11-12-22-19(7-5-13-25(21,22)3)10-9-18-15-23(27)20(8-6-14-26)24(28)16-18/h8-10,17,21-24,26-28H,4-7,11-16H2,1-3H3/b18-9?,19-10+,20-8?/t17-,21?,22?,23+,24+,25+/m0/s1. The first kappa shape index (κ1) is 21.8. The summed E-state index contributed by atoms with van der Waals surface area (Å²) in [6.07, 6.45) is 14.5. The average Bonchev–Trinajstić information content (AvgIpc) is 3.02. The Morgan fingerprint density at radius 2 is 1.86 bits per heavy atom. The molecule has 6 atom stereocenters. The second-order valence-electron chi connectivity index (χ2n) is 9.70. The van der Waals surface area contributed by atoms with E-state index < -0.39 is 12.2 Å². The Balaban J connectivity index is 1.74. The van der Waals surface area contributed by atoms with E-state index in [-0.39, 0.29) is 6.61 Å². The number of hydrogen-bond acceptors (Lipinski definition) is 3. The molecule has 3 rings (SSSR count). The lowest BCUT2D eigenvalue weighted by atomic mass is 9.61. The minimum Gasteiger partial charge on any atom is -0.396 e. The Labute approximate surface area is 171 Å². The van der Waals surface area contributed by atoms with Crippen LogP contribution >= 0.6 is 0 Å². The van der Waals surface area contributed by atoms with Crippen LogP contribution in [0.15, 0.2) is 34.9 Å². The predicted molar refractivity (Wildman–Crippen MR) is 115 cm³/mol. The fourth-order valence-electron chi connectivity index (χ4n) is 6.40. The van der Waals surface area contributed by atoms with Gasteiger partial charge in [-0.2, -0.15) is 0 Å². The molecule has 0 aromatic rings. The summed E-state index contributed by atoms with van der Waals surface area (Å²) in [6, 6.07) is 0. The number of aliphatic hydroxyl groups excluding tert-OH is 3. The number of fused-ring (bicyclic) bond motifs is 1. The van der Waals surface area contributed by atoms with Gasteiger partial charge in [0.15, 0.2) is 0 Å². The van der Waals surface area contributed by atoms with Crippen LogP contribution in [-0.2, 0) is 0 Å².